The molecule has 0 aromatic heterocycles. The number of nitrogens with zero attached hydrogens (tertiary/aromatic N) is 2. The van der Waals surface area contributed by atoms with Crippen LogP contribution in [0, 0.1) is 0 Å². The zero-order valence-electron chi connectivity index (χ0n) is 16.2. The SMILES string of the molecule is CC(C)NC(=O)C(=O)N1CCN(C(=O)c2ccc(-c3ccccc3)cc2)CC1. The zero-order chi connectivity index (χ0) is 20.1. The van der Waals surface area contributed by atoms with Gasteiger partial charge in [0.15, 0.2) is 0 Å². The van der Waals surface area contributed by atoms with Gasteiger partial charge in [0, 0.05) is 37.8 Å². The van der Waals surface area contributed by atoms with Crippen LogP contribution < -0.4 is 5.32 Å². The lowest BCUT2D eigenvalue weighted by Gasteiger charge is -2.34. The monoisotopic (exact) mass is 379 g/mol. The van der Waals surface area contributed by atoms with E-state index in [4.69, 9.17) is 0 Å². The predicted molar refractivity (Wildman–Crippen MR) is 108 cm³/mol. The second-order valence-electron chi connectivity index (χ2n) is 7.16. The molecule has 1 aliphatic rings. The van der Waals surface area contributed by atoms with E-state index < -0.39 is 11.8 Å². The Hall–Kier alpha value is -3.15. The quantitative estimate of drug-likeness (QED) is 0.831. The Labute approximate surface area is 165 Å². The first-order valence-corrected chi connectivity index (χ1v) is 9.50. The molecular weight excluding hydrogens is 354 g/mol. The van der Waals surface area contributed by atoms with E-state index in [1.54, 1.807) is 4.90 Å². The van der Waals surface area contributed by atoms with Crippen LogP contribution in [0.2, 0.25) is 0 Å². The molecule has 28 heavy (non-hydrogen) atoms. The van der Waals surface area contributed by atoms with Crippen molar-refractivity contribution in [2.75, 3.05) is 26.2 Å². The van der Waals surface area contributed by atoms with Gasteiger partial charge in [0.25, 0.3) is 5.91 Å². The van der Waals surface area contributed by atoms with Crippen LogP contribution in [-0.4, -0.2) is 59.7 Å². The van der Waals surface area contributed by atoms with E-state index in [1.807, 2.05) is 68.4 Å². The van der Waals surface area contributed by atoms with Gasteiger partial charge in [-0.15, -0.1) is 0 Å². The van der Waals surface area contributed by atoms with Crippen molar-refractivity contribution in [1.29, 1.82) is 0 Å². The molecule has 0 aliphatic carbocycles. The number of carbonyl (C=O) groups is 3. The van der Waals surface area contributed by atoms with Gasteiger partial charge in [-0.1, -0.05) is 42.5 Å². The molecule has 0 radical (unpaired) electrons. The second kappa shape index (κ2) is 8.69. The van der Waals surface area contributed by atoms with Crippen molar-refractivity contribution >= 4 is 17.7 Å². The third-order valence-electron chi connectivity index (χ3n) is 4.71. The zero-order valence-corrected chi connectivity index (χ0v) is 16.2. The Balaban J connectivity index is 1.58. The third kappa shape index (κ3) is 4.57. The Morgan fingerprint density at radius 1 is 0.786 bits per heavy atom. The van der Waals surface area contributed by atoms with E-state index in [-0.39, 0.29) is 11.9 Å². The summed E-state index contributed by atoms with van der Waals surface area (Å²) >= 11 is 0. The number of nitrogens with one attached hydrogen (secondary N) is 1. The maximum atomic E-state index is 12.7. The number of piperazine rings is 1. The summed E-state index contributed by atoms with van der Waals surface area (Å²) in [6, 6.07) is 17.5. The minimum Gasteiger partial charge on any atom is -0.346 e. The Kier molecular flexibility index (Phi) is 6.09. The lowest BCUT2D eigenvalue weighted by atomic mass is 10.0. The van der Waals surface area contributed by atoms with Crippen molar-refractivity contribution < 1.29 is 14.4 Å². The topological polar surface area (TPSA) is 69.7 Å². The summed E-state index contributed by atoms with van der Waals surface area (Å²) in [5.74, 6) is -1.18. The summed E-state index contributed by atoms with van der Waals surface area (Å²) in [7, 11) is 0. The van der Waals surface area contributed by atoms with E-state index in [1.165, 1.54) is 4.90 Å². The van der Waals surface area contributed by atoms with Gasteiger partial charge in [0.05, 0.1) is 0 Å². The summed E-state index contributed by atoms with van der Waals surface area (Å²) < 4.78 is 0. The van der Waals surface area contributed by atoms with Crippen LogP contribution in [0.5, 0.6) is 0 Å². The molecule has 0 spiro atoms. The van der Waals surface area contributed by atoms with Crippen molar-refractivity contribution in [2.45, 2.75) is 19.9 Å². The second-order valence-corrected chi connectivity index (χ2v) is 7.16. The van der Waals surface area contributed by atoms with Crippen LogP contribution in [0.25, 0.3) is 11.1 Å². The number of carbonyl (C=O) groups excluding carboxylic acids is 3. The number of hydrogen-bond acceptors (Lipinski definition) is 3. The average Bonchev–Trinajstić information content (AvgIpc) is 2.73. The molecule has 3 rings (SSSR count). The molecule has 0 unspecified atom stereocenters. The number of hydrogen-bond donors (Lipinski definition) is 1. The first-order chi connectivity index (χ1) is 13.5. The van der Waals surface area contributed by atoms with Crippen LogP contribution in [0.15, 0.2) is 54.6 Å². The maximum absolute atomic E-state index is 12.7. The standard InChI is InChI=1S/C22H25N3O3/c1-16(2)23-20(26)22(28)25-14-12-24(13-15-25)21(27)19-10-8-18(9-11-19)17-6-4-3-5-7-17/h3-11,16H,12-15H2,1-2H3,(H,23,26). The van der Waals surface area contributed by atoms with E-state index in [0.717, 1.165) is 11.1 Å². The summed E-state index contributed by atoms with van der Waals surface area (Å²) in [5.41, 5.74) is 2.79. The minimum atomic E-state index is -0.591. The van der Waals surface area contributed by atoms with Gasteiger partial charge < -0.3 is 15.1 Å². The molecule has 1 fully saturated rings. The summed E-state index contributed by atoms with van der Waals surface area (Å²) in [4.78, 5) is 40.0. The van der Waals surface area contributed by atoms with Crippen molar-refractivity contribution in [1.82, 2.24) is 15.1 Å². The molecule has 1 aliphatic heterocycles. The van der Waals surface area contributed by atoms with Gasteiger partial charge in [0.2, 0.25) is 0 Å². The Morgan fingerprint density at radius 2 is 1.32 bits per heavy atom. The fourth-order valence-corrected chi connectivity index (χ4v) is 3.20. The molecule has 2 aromatic rings. The van der Waals surface area contributed by atoms with Crippen LogP contribution in [0.1, 0.15) is 24.2 Å². The van der Waals surface area contributed by atoms with E-state index >= 15 is 0 Å². The molecule has 146 valence electrons. The highest BCUT2D eigenvalue weighted by atomic mass is 16.2. The molecule has 0 atom stereocenters. The number of amides is 3. The molecule has 2 aromatic carbocycles. The van der Waals surface area contributed by atoms with Gasteiger partial charge >= 0.3 is 11.8 Å². The van der Waals surface area contributed by atoms with Crippen molar-refractivity contribution in [3.8, 4) is 11.1 Å². The number of benzene rings is 2. The van der Waals surface area contributed by atoms with E-state index in [2.05, 4.69) is 5.32 Å². The average molecular weight is 379 g/mol. The first kappa shape index (κ1) is 19.6. The van der Waals surface area contributed by atoms with Gasteiger partial charge in [0.1, 0.15) is 0 Å². The van der Waals surface area contributed by atoms with Crippen molar-refractivity contribution in [2.24, 2.45) is 0 Å². The smallest absolute Gasteiger partial charge is 0.312 e. The maximum Gasteiger partial charge on any atom is 0.312 e. The highest BCUT2D eigenvalue weighted by molar-refractivity contribution is 6.35. The summed E-state index contributed by atoms with van der Waals surface area (Å²) in [6.45, 7) is 5.17. The van der Waals surface area contributed by atoms with Crippen LogP contribution in [-0.2, 0) is 9.59 Å². The first-order valence-electron chi connectivity index (χ1n) is 9.50. The van der Waals surface area contributed by atoms with Crippen LogP contribution in [0.3, 0.4) is 0 Å². The van der Waals surface area contributed by atoms with Crippen molar-refractivity contribution in [3.05, 3.63) is 60.2 Å². The molecule has 3 amide bonds. The Morgan fingerprint density at radius 3 is 1.89 bits per heavy atom. The van der Waals surface area contributed by atoms with Crippen molar-refractivity contribution in [3.63, 3.8) is 0 Å². The molecule has 6 heteroatoms. The molecule has 6 nitrogen and oxygen atoms in total. The summed E-state index contributed by atoms with van der Waals surface area (Å²) in [6.07, 6.45) is 0. The lowest BCUT2D eigenvalue weighted by molar-refractivity contribution is -0.147. The van der Waals surface area contributed by atoms with Crippen LogP contribution >= 0.6 is 0 Å². The molecule has 1 N–H and O–H groups in total. The normalized spacial score (nSPS) is 14.1. The molecule has 1 saturated heterocycles. The van der Waals surface area contributed by atoms with Gasteiger partial charge in [-0.05, 0) is 37.1 Å². The van der Waals surface area contributed by atoms with Crippen LogP contribution in [0.4, 0.5) is 0 Å². The fourth-order valence-electron chi connectivity index (χ4n) is 3.20. The fraction of sp³-hybridized carbons (Fsp3) is 0.318. The summed E-state index contributed by atoms with van der Waals surface area (Å²) in [5, 5.41) is 2.61. The highest BCUT2D eigenvalue weighted by Gasteiger charge is 2.28. The van der Waals surface area contributed by atoms with Gasteiger partial charge in [-0.2, -0.15) is 0 Å². The van der Waals surface area contributed by atoms with E-state index in [0.29, 0.717) is 31.7 Å². The lowest BCUT2D eigenvalue weighted by Crippen LogP contribution is -2.54. The highest BCUT2D eigenvalue weighted by Crippen LogP contribution is 2.20. The minimum absolute atomic E-state index is 0.0571. The van der Waals surface area contributed by atoms with Gasteiger partial charge in [-0.25, -0.2) is 0 Å². The molecule has 0 bridgehead atoms. The largest absolute Gasteiger partial charge is 0.346 e. The van der Waals surface area contributed by atoms with Gasteiger partial charge in [-0.3, -0.25) is 14.4 Å². The third-order valence-corrected chi connectivity index (χ3v) is 4.71. The number of rotatable bonds is 3. The molecule has 0 saturated carbocycles. The van der Waals surface area contributed by atoms with E-state index in [9.17, 15) is 14.4 Å². The molecular formula is C22H25N3O3. The molecule has 1 heterocycles. The predicted octanol–water partition coefficient (Wildman–Crippen LogP) is 2.16. The Bertz CT molecular complexity index is 839.